The fourth-order valence-corrected chi connectivity index (χ4v) is 0.849. The molecular weight excluding hydrogens is 165 g/mol. The van der Waals surface area contributed by atoms with Gasteiger partial charge in [-0.2, -0.15) is 0 Å². The molecule has 1 aromatic carbocycles. The molecule has 0 spiro atoms. The van der Waals surface area contributed by atoms with Gasteiger partial charge in [-0.25, -0.2) is 0 Å². The van der Waals surface area contributed by atoms with Crippen molar-refractivity contribution in [3.63, 3.8) is 0 Å². The Balaban J connectivity index is 0.000001000. The van der Waals surface area contributed by atoms with Crippen molar-refractivity contribution in [1.29, 1.82) is 0 Å². The normalized spacial score (nSPS) is 8.55. The summed E-state index contributed by atoms with van der Waals surface area (Å²) < 4.78 is 5.02. The van der Waals surface area contributed by atoms with Crippen molar-refractivity contribution in [3.05, 3.63) is 35.6 Å². The van der Waals surface area contributed by atoms with Gasteiger partial charge in [0, 0.05) is 0 Å². The Labute approximate surface area is 110 Å². The van der Waals surface area contributed by atoms with Crippen molar-refractivity contribution in [2.24, 2.45) is 0 Å². The van der Waals surface area contributed by atoms with Crippen LogP contribution in [0.4, 0.5) is 0 Å². The van der Waals surface area contributed by atoms with Crippen molar-refractivity contribution >= 4 is 0 Å². The zero-order valence-corrected chi connectivity index (χ0v) is 10.0. The molecule has 1 N–H and O–H groups in total. The van der Waals surface area contributed by atoms with E-state index in [4.69, 9.17) is 10.5 Å². The molecule has 0 bridgehead atoms. The second kappa shape index (κ2) is 6.17. The van der Waals surface area contributed by atoms with Gasteiger partial charge in [0.1, 0.15) is 5.75 Å². The molecule has 0 amide bonds. The second-order valence-corrected chi connectivity index (χ2v) is 1.99. The molecule has 0 aromatic heterocycles. The Morgan fingerprint density at radius 1 is 1.36 bits per heavy atom. The molecule has 0 aliphatic carbocycles. The molecular formula is C8H10KNO. The van der Waals surface area contributed by atoms with Crippen molar-refractivity contribution in [3.8, 4) is 5.75 Å². The maximum atomic E-state index is 7.11. The predicted molar refractivity (Wildman–Crippen MR) is 41.0 cm³/mol. The third-order valence-electron chi connectivity index (χ3n) is 1.38. The molecule has 3 heteroatoms. The Hall–Kier alpha value is 0.616. The van der Waals surface area contributed by atoms with Gasteiger partial charge in [-0.15, -0.1) is 6.54 Å². The van der Waals surface area contributed by atoms with Crippen LogP contribution in [0.2, 0.25) is 0 Å². The number of hydrogen-bond donors (Lipinski definition) is 0. The van der Waals surface area contributed by atoms with E-state index in [1.54, 1.807) is 7.11 Å². The average molecular weight is 175 g/mol. The maximum absolute atomic E-state index is 7.11. The van der Waals surface area contributed by atoms with Crippen LogP contribution in [-0.4, -0.2) is 7.11 Å². The zero-order chi connectivity index (χ0) is 7.40. The van der Waals surface area contributed by atoms with Crippen LogP contribution in [0.5, 0.6) is 5.75 Å². The summed E-state index contributed by atoms with van der Waals surface area (Å²) in [6.45, 7) is 0.282. The Kier molecular flexibility index (Phi) is 6.51. The summed E-state index contributed by atoms with van der Waals surface area (Å²) in [5.41, 5.74) is 8.04. The van der Waals surface area contributed by atoms with Crippen LogP contribution in [0.15, 0.2) is 24.3 Å². The molecule has 0 unspecified atom stereocenters. The summed E-state index contributed by atoms with van der Waals surface area (Å²) in [4.78, 5) is 0. The van der Waals surface area contributed by atoms with Crippen LogP contribution >= 0.6 is 0 Å². The molecule has 0 aliphatic heterocycles. The van der Waals surface area contributed by atoms with Gasteiger partial charge in [-0.1, -0.05) is 18.2 Å². The van der Waals surface area contributed by atoms with Gasteiger partial charge in [-0.05, 0) is 11.6 Å². The molecule has 1 rings (SSSR count). The number of nitrogens with one attached hydrogen (secondary N) is 1. The first-order chi connectivity index (χ1) is 4.88. The Bertz CT molecular complexity index is 192. The molecule has 11 heavy (non-hydrogen) atoms. The smallest absolute Gasteiger partial charge is 0.674 e. The van der Waals surface area contributed by atoms with Gasteiger partial charge < -0.3 is 10.5 Å². The Morgan fingerprint density at radius 3 is 2.45 bits per heavy atom. The van der Waals surface area contributed by atoms with Crippen LogP contribution in [0.25, 0.3) is 5.73 Å². The van der Waals surface area contributed by atoms with Crippen molar-refractivity contribution in [1.82, 2.24) is 0 Å². The van der Waals surface area contributed by atoms with E-state index >= 15 is 0 Å². The van der Waals surface area contributed by atoms with Gasteiger partial charge in [0.25, 0.3) is 0 Å². The van der Waals surface area contributed by atoms with Gasteiger partial charge in [0.05, 0.1) is 7.11 Å². The fraction of sp³-hybridized carbons (Fsp3) is 0.250. The third kappa shape index (κ3) is 3.23. The molecule has 0 saturated heterocycles. The number of ether oxygens (including phenoxy) is 1. The molecule has 0 heterocycles. The Morgan fingerprint density at radius 2 is 2.00 bits per heavy atom. The molecule has 0 atom stereocenters. The van der Waals surface area contributed by atoms with Crippen molar-refractivity contribution < 1.29 is 56.1 Å². The van der Waals surface area contributed by atoms with E-state index in [0.29, 0.717) is 0 Å². The fourth-order valence-electron chi connectivity index (χ4n) is 0.849. The van der Waals surface area contributed by atoms with Gasteiger partial charge in [0.15, 0.2) is 0 Å². The van der Waals surface area contributed by atoms with Crippen LogP contribution in [0.1, 0.15) is 5.56 Å². The maximum Gasteiger partial charge on any atom is 1.00 e. The van der Waals surface area contributed by atoms with E-state index in [1.807, 2.05) is 24.3 Å². The minimum atomic E-state index is 0. The summed E-state index contributed by atoms with van der Waals surface area (Å²) in [5.74, 6) is 0.803. The standard InChI is InChI=1S/C8H10NO.K/c1-10-8-5-3-2-4-7(8)6-9;/h2-5,9H,6H2,1H3;/q-1;+1. The van der Waals surface area contributed by atoms with Crippen molar-refractivity contribution in [2.45, 2.75) is 6.54 Å². The summed E-state index contributed by atoms with van der Waals surface area (Å²) in [5, 5.41) is 0. The van der Waals surface area contributed by atoms with E-state index < -0.39 is 0 Å². The van der Waals surface area contributed by atoms with Gasteiger partial charge in [-0.3, -0.25) is 0 Å². The first-order valence-corrected chi connectivity index (χ1v) is 3.15. The number of para-hydroxylation sites is 1. The first kappa shape index (κ1) is 11.6. The molecule has 2 nitrogen and oxygen atoms in total. The second-order valence-electron chi connectivity index (χ2n) is 1.99. The van der Waals surface area contributed by atoms with Crippen LogP contribution in [0, 0.1) is 0 Å². The number of methoxy groups -OCH3 is 1. The summed E-state index contributed by atoms with van der Waals surface area (Å²) >= 11 is 0. The summed E-state index contributed by atoms with van der Waals surface area (Å²) in [6.07, 6.45) is 0. The molecule has 0 saturated carbocycles. The molecule has 0 fully saturated rings. The molecule has 54 valence electrons. The quantitative estimate of drug-likeness (QED) is 0.545. The van der Waals surface area contributed by atoms with E-state index in [2.05, 4.69) is 0 Å². The SMILES string of the molecule is COc1ccccc1C[NH-].[K+]. The van der Waals surface area contributed by atoms with Gasteiger partial charge in [0.2, 0.25) is 0 Å². The minimum absolute atomic E-state index is 0. The number of rotatable bonds is 2. The van der Waals surface area contributed by atoms with Crippen LogP contribution in [0.3, 0.4) is 0 Å². The number of benzene rings is 1. The molecule has 0 aliphatic rings. The first-order valence-electron chi connectivity index (χ1n) is 3.15. The molecule has 1 aromatic rings. The van der Waals surface area contributed by atoms with Crippen molar-refractivity contribution in [2.75, 3.05) is 7.11 Å². The van der Waals surface area contributed by atoms with Crippen LogP contribution in [-0.2, 0) is 6.54 Å². The zero-order valence-electron chi connectivity index (χ0n) is 6.92. The van der Waals surface area contributed by atoms with E-state index in [-0.39, 0.29) is 57.9 Å². The largest absolute Gasteiger partial charge is 1.00 e. The van der Waals surface area contributed by atoms with Gasteiger partial charge >= 0.3 is 51.4 Å². The van der Waals surface area contributed by atoms with E-state index in [1.165, 1.54) is 0 Å². The topological polar surface area (TPSA) is 33.0 Å². The monoisotopic (exact) mass is 175 g/mol. The number of hydrogen-bond acceptors (Lipinski definition) is 1. The third-order valence-corrected chi connectivity index (χ3v) is 1.38. The predicted octanol–water partition coefficient (Wildman–Crippen LogP) is -0.749. The van der Waals surface area contributed by atoms with E-state index in [9.17, 15) is 0 Å². The van der Waals surface area contributed by atoms with E-state index in [0.717, 1.165) is 11.3 Å². The average Bonchev–Trinajstić information content (AvgIpc) is 2.04. The molecule has 0 radical (unpaired) electrons. The summed E-state index contributed by atoms with van der Waals surface area (Å²) in [7, 11) is 1.62. The minimum Gasteiger partial charge on any atom is -0.674 e. The van der Waals surface area contributed by atoms with Crippen LogP contribution < -0.4 is 56.1 Å². The summed E-state index contributed by atoms with van der Waals surface area (Å²) in [6, 6.07) is 7.57.